The van der Waals surface area contributed by atoms with Gasteiger partial charge in [0, 0.05) is 12.4 Å². The third-order valence-electron chi connectivity index (χ3n) is 1.81. The van der Waals surface area contributed by atoms with Gasteiger partial charge in [-0.3, -0.25) is 0 Å². The highest BCUT2D eigenvalue weighted by Gasteiger charge is 1.98. The van der Waals surface area contributed by atoms with Gasteiger partial charge in [-0.25, -0.2) is 15.0 Å². The highest BCUT2D eigenvalue weighted by Crippen LogP contribution is 2.02. The minimum atomic E-state index is 0.441. The molecular weight excluding hydrogens is 200 g/mol. The maximum absolute atomic E-state index is 5.64. The van der Waals surface area contributed by atoms with Crippen LogP contribution in [0.5, 0.6) is 0 Å². The predicted molar refractivity (Wildman–Crippen MR) is 52.9 cm³/mol. The molecule has 0 aliphatic rings. The van der Waals surface area contributed by atoms with Crippen LogP contribution in [-0.4, -0.2) is 19.5 Å². The summed E-state index contributed by atoms with van der Waals surface area (Å²) in [6.45, 7) is 0.701. The first kappa shape index (κ1) is 9.15. The normalized spacial score (nSPS) is 10.4. The molecule has 0 aromatic carbocycles. The Morgan fingerprint density at radius 2 is 2.21 bits per heavy atom. The lowest BCUT2D eigenvalue weighted by atomic mass is 10.4. The van der Waals surface area contributed by atoms with Crippen molar-refractivity contribution in [3.63, 3.8) is 0 Å². The fourth-order valence-electron chi connectivity index (χ4n) is 1.16. The van der Waals surface area contributed by atoms with Gasteiger partial charge < -0.3 is 4.57 Å². The highest BCUT2D eigenvalue weighted by atomic mass is 35.5. The van der Waals surface area contributed by atoms with Crippen molar-refractivity contribution in [1.29, 1.82) is 0 Å². The molecule has 14 heavy (non-hydrogen) atoms. The molecular formula is C9H9ClN4. The van der Waals surface area contributed by atoms with Gasteiger partial charge in [-0.05, 0) is 6.07 Å². The van der Waals surface area contributed by atoms with E-state index in [0.717, 1.165) is 11.4 Å². The Bertz CT molecular complexity index is 398. The molecule has 2 heterocycles. The van der Waals surface area contributed by atoms with Crippen LogP contribution in [0.15, 0.2) is 31.1 Å². The largest absolute Gasteiger partial charge is 0.331 e. The fraction of sp³-hybridized carbons (Fsp3) is 0.222. The molecule has 0 saturated carbocycles. The quantitative estimate of drug-likeness (QED) is 0.718. The Morgan fingerprint density at radius 3 is 2.86 bits per heavy atom. The van der Waals surface area contributed by atoms with E-state index >= 15 is 0 Å². The number of halogens is 1. The molecule has 2 aromatic rings. The SMILES string of the molecule is ClCc1cn(Cc2ccncn2)cn1. The van der Waals surface area contributed by atoms with Crippen molar-refractivity contribution in [1.82, 2.24) is 19.5 Å². The number of hydrogen-bond acceptors (Lipinski definition) is 3. The van der Waals surface area contributed by atoms with Crippen LogP contribution in [0.25, 0.3) is 0 Å². The molecule has 0 unspecified atom stereocenters. The van der Waals surface area contributed by atoms with Gasteiger partial charge in [0.05, 0.1) is 30.1 Å². The minimum Gasteiger partial charge on any atom is -0.331 e. The monoisotopic (exact) mass is 208 g/mol. The zero-order valence-electron chi connectivity index (χ0n) is 7.47. The van der Waals surface area contributed by atoms with Crippen LogP contribution in [0.3, 0.4) is 0 Å². The summed E-state index contributed by atoms with van der Waals surface area (Å²) in [6, 6.07) is 1.88. The van der Waals surface area contributed by atoms with Gasteiger partial charge in [0.25, 0.3) is 0 Å². The van der Waals surface area contributed by atoms with Gasteiger partial charge in [0.2, 0.25) is 0 Å². The molecule has 4 nitrogen and oxygen atoms in total. The van der Waals surface area contributed by atoms with Crippen LogP contribution >= 0.6 is 11.6 Å². The molecule has 0 fully saturated rings. The van der Waals surface area contributed by atoms with Crippen LogP contribution in [0, 0.1) is 0 Å². The standard InChI is InChI=1S/C9H9ClN4/c10-3-9-5-14(7-13-9)4-8-1-2-11-6-12-8/h1-2,5-7H,3-4H2. The summed E-state index contributed by atoms with van der Waals surface area (Å²) in [5.74, 6) is 0.441. The number of imidazole rings is 1. The molecule has 0 radical (unpaired) electrons. The zero-order chi connectivity index (χ0) is 9.80. The van der Waals surface area contributed by atoms with Crippen molar-refractivity contribution >= 4 is 11.6 Å². The van der Waals surface area contributed by atoms with Crippen LogP contribution in [0.2, 0.25) is 0 Å². The number of nitrogens with zero attached hydrogens (tertiary/aromatic N) is 4. The maximum Gasteiger partial charge on any atom is 0.115 e. The second-order valence-electron chi connectivity index (χ2n) is 2.87. The lowest BCUT2D eigenvalue weighted by Crippen LogP contribution is -1.98. The molecule has 0 atom stereocenters. The van der Waals surface area contributed by atoms with E-state index in [1.165, 1.54) is 6.33 Å². The third-order valence-corrected chi connectivity index (χ3v) is 2.09. The molecule has 0 amide bonds. The van der Waals surface area contributed by atoms with Gasteiger partial charge in [-0.1, -0.05) is 0 Å². The Labute approximate surface area is 86.6 Å². The van der Waals surface area contributed by atoms with E-state index in [9.17, 15) is 0 Å². The molecule has 0 aliphatic carbocycles. The summed E-state index contributed by atoms with van der Waals surface area (Å²) in [7, 11) is 0. The van der Waals surface area contributed by atoms with Gasteiger partial charge in [-0.2, -0.15) is 0 Å². The number of aromatic nitrogens is 4. The van der Waals surface area contributed by atoms with Crippen LogP contribution in [-0.2, 0) is 12.4 Å². The number of hydrogen-bond donors (Lipinski definition) is 0. The molecule has 0 aliphatic heterocycles. The summed E-state index contributed by atoms with van der Waals surface area (Å²) in [5, 5.41) is 0. The van der Waals surface area contributed by atoms with Crippen LogP contribution < -0.4 is 0 Å². The predicted octanol–water partition coefficient (Wildman–Crippen LogP) is 1.46. The van der Waals surface area contributed by atoms with Gasteiger partial charge in [-0.15, -0.1) is 11.6 Å². The summed E-state index contributed by atoms with van der Waals surface area (Å²) in [5.41, 5.74) is 1.83. The molecule has 2 rings (SSSR count). The first-order valence-corrected chi connectivity index (χ1v) is 4.73. The Balaban J connectivity index is 2.11. The van der Waals surface area contributed by atoms with E-state index in [1.54, 1.807) is 12.5 Å². The van der Waals surface area contributed by atoms with Crippen LogP contribution in [0.4, 0.5) is 0 Å². The first-order valence-electron chi connectivity index (χ1n) is 4.20. The molecule has 0 bridgehead atoms. The summed E-state index contributed by atoms with van der Waals surface area (Å²) in [4.78, 5) is 12.1. The molecule has 0 saturated heterocycles. The fourth-order valence-corrected chi connectivity index (χ4v) is 1.30. The summed E-state index contributed by atoms with van der Waals surface area (Å²) >= 11 is 5.64. The van der Waals surface area contributed by atoms with E-state index in [-0.39, 0.29) is 0 Å². The van der Waals surface area contributed by atoms with Crippen molar-refractivity contribution in [3.8, 4) is 0 Å². The van der Waals surface area contributed by atoms with E-state index in [2.05, 4.69) is 15.0 Å². The molecule has 0 N–H and O–H groups in total. The topological polar surface area (TPSA) is 43.6 Å². The highest BCUT2D eigenvalue weighted by molar-refractivity contribution is 6.16. The van der Waals surface area contributed by atoms with E-state index in [0.29, 0.717) is 12.4 Å². The Kier molecular flexibility index (Phi) is 2.74. The molecule has 2 aromatic heterocycles. The Hall–Kier alpha value is -1.42. The van der Waals surface area contributed by atoms with Crippen molar-refractivity contribution in [2.75, 3.05) is 0 Å². The van der Waals surface area contributed by atoms with E-state index in [4.69, 9.17) is 11.6 Å². The molecule has 72 valence electrons. The molecule has 0 spiro atoms. The van der Waals surface area contributed by atoms with Gasteiger partial charge in [0.1, 0.15) is 6.33 Å². The minimum absolute atomic E-state index is 0.441. The van der Waals surface area contributed by atoms with Gasteiger partial charge in [0.15, 0.2) is 0 Å². The molecule has 5 heteroatoms. The second-order valence-corrected chi connectivity index (χ2v) is 3.14. The van der Waals surface area contributed by atoms with Crippen LogP contribution in [0.1, 0.15) is 11.4 Å². The van der Waals surface area contributed by atoms with Crippen molar-refractivity contribution in [3.05, 3.63) is 42.5 Å². The van der Waals surface area contributed by atoms with Crippen molar-refractivity contribution in [2.24, 2.45) is 0 Å². The average Bonchev–Trinajstić information content (AvgIpc) is 2.67. The summed E-state index contributed by atoms with van der Waals surface area (Å²) in [6.07, 6.45) is 6.92. The van der Waals surface area contributed by atoms with Gasteiger partial charge >= 0.3 is 0 Å². The van der Waals surface area contributed by atoms with Crippen molar-refractivity contribution in [2.45, 2.75) is 12.4 Å². The average molecular weight is 209 g/mol. The number of rotatable bonds is 3. The first-order chi connectivity index (χ1) is 6.88. The lowest BCUT2D eigenvalue weighted by Gasteiger charge is -1.99. The summed E-state index contributed by atoms with van der Waals surface area (Å²) < 4.78 is 1.94. The lowest BCUT2D eigenvalue weighted by molar-refractivity contribution is 0.768. The van der Waals surface area contributed by atoms with E-state index in [1.807, 2.05) is 16.8 Å². The zero-order valence-corrected chi connectivity index (χ0v) is 8.22. The second kappa shape index (κ2) is 4.19. The Morgan fingerprint density at radius 1 is 1.29 bits per heavy atom. The smallest absolute Gasteiger partial charge is 0.115 e. The number of alkyl halides is 1. The maximum atomic E-state index is 5.64. The van der Waals surface area contributed by atoms with E-state index < -0.39 is 0 Å². The third kappa shape index (κ3) is 2.09. The van der Waals surface area contributed by atoms with Crippen molar-refractivity contribution < 1.29 is 0 Å².